The molecule has 0 aliphatic heterocycles. The number of carboxylic acid groups (broad SMARTS) is 1. The van der Waals surface area contributed by atoms with Crippen molar-refractivity contribution in [3.63, 3.8) is 0 Å². The maximum Gasteiger partial charge on any atom is 0.490 e. The summed E-state index contributed by atoms with van der Waals surface area (Å²) in [7, 11) is 2.18. The van der Waals surface area contributed by atoms with E-state index in [1.54, 1.807) is 6.07 Å². The number of halogens is 4. The SMILES string of the molecule is CNS(=O)(=O)c1ccc(Cl)c(Nc2ncnc3cc(OC)c(OC)c(OC)c23)c1.O=C(O)C(F)(F)F. The normalized spacial score (nSPS) is 11.3. The Labute approximate surface area is 208 Å². The van der Waals surface area contributed by atoms with E-state index in [0.717, 1.165) is 0 Å². The molecule has 0 saturated carbocycles. The van der Waals surface area contributed by atoms with Gasteiger partial charge in [-0.15, -0.1) is 0 Å². The number of nitrogens with zero attached hydrogens (tertiary/aromatic N) is 2. The first-order valence-electron chi connectivity index (χ1n) is 9.54. The van der Waals surface area contributed by atoms with Crippen molar-refractivity contribution in [1.82, 2.24) is 14.7 Å². The number of anilines is 2. The van der Waals surface area contributed by atoms with E-state index in [2.05, 4.69) is 20.0 Å². The molecule has 0 bridgehead atoms. The minimum Gasteiger partial charge on any atom is -0.493 e. The predicted molar refractivity (Wildman–Crippen MR) is 124 cm³/mol. The molecule has 36 heavy (non-hydrogen) atoms. The molecule has 0 aliphatic carbocycles. The van der Waals surface area contributed by atoms with Gasteiger partial charge in [0.2, 0.25) is 15.8 Å². The Morgan fingerprint density at radius 3 is 2.17 bits per heavy atom. The van der Waals surface area contributed by atoms with Crippen LogP contribution in [0.25, 0.3) is 10.9 Å². The van der Waals surface area contributed by atoms with E-state index in [9.17, 15) is 21.6 Å². The van der Waals surface area contributed by atoms with Crippen molar-refractivity contribution in [2.45, 2.75) is 11.1 Å². The van der Waals surface area contributed by atoms with Gasteiger partial charge in [-0.3, -0.25) is 0 Å². The van der Waals surface area contributed by atoms with Gasteiger partial charge in [-0.1, -0.05) is 11.6 Å². The zero-order chi connectivity index (χ0) is 27.3. The van der Waals surface area contributed by atoms with Gasteiger partial charge < -0.3 is 24.6 Å². The maximum absolute atomic E-state index is 12.1. The number of carboxylic acids is 1. The fraction of sp³-hybridized carbons (Fsp3) is 0.250. The molecule has 0 unspecified atom stereocenters. The standard InChI is InChI=1S/C18H19ClN4O5S.C2HF3O2/c1-20-29(24,25)10-5-6-11(19)12(7-10)23-18-15-13(21-9-22-18)8-14(26-2)16(27-3)17(15)28-4;3-2(4,5)1(6)7/h5-9,20H,1-4H3,(H,21,22,23);(H,6,7). The Hall–Kier alpha value is -3.56. The summed E-state index contributed by atoms with van der Waals surface area (Å²) in [6, 6.07) is 5.99. The first-order valence-corrected chi connectivity index (χ1v) is 11.4. The summed E-state index contributed by atoms with van der Waals surface area (Å²) in [4.78, 5) is 17.5. The summed E-state index contributed by atoms with van der Waals surface area (Å²) in [6.07, 6.45) is -3.72. The Kier molecular flexibility index (Phi) is 9.12. The largest absolute Gasteiger partial charge is 0.493 e. The highest BCUT2D eigenvalue weighted by atomic mass is 35.5. The molecule has 0 amide bonds. The van der Waals surface area contributed by atoms with E-state index in [1.165, 1.54) is 52.9 Å². The average molecular weight is 553 g/mol. The molecule has 0 radical (unpaired) electrons. The van der Waals surface area contributed by atoms with Gasteiger partial charge in [0.1, 0.15) is 12.1 Å². The van der Waals surface area contributed by atoms with Crippen molar-refractivity contribution in [1.29, 1.82) is 0 Å². The van der Waals surface area contributed by atoms with Gasteiger partial charge in [0.15, 0.2) is 11.5 Å². The highest BCUT2D eigenvalue weighted by Gasteiger charge is 2.38. The number of sulfonamides is 1. The minimum absolute atomic E-state index is 0.0523. The van der Waals surface area contributed by atoms with Crippen LogP contribution in [0.2, 0.25) is 5.02 Å². The summed E-state index contributed by atoms with van der Waals surface area (Å²) >= 11 is 6.27. The molecule has 0 saturated heterocycles. The lowest BCUT2D eigenvalue weighted by Gasteiger charge is -2.17. The van der Waals surface area contributed by atoms with Crippen molar-refractivity contribution < 1.29 is 45.7 Å². The number of alkyl halides is 3. The number of aliphatic carboxylic acids is 1. The number of rotatable bonds is 7. The Balaban J connectivity index is 0.000000572. The van der Waals surface area contributed by atoms with E-state index >= 15 is 0 Å². The molecule has 3 aromatic rings. The highest BCUT2D eigenvalue weighted by Crippen LogP contribution is 2.45. The summed E-state index contributed by atoms with van der Waals surface area (Å²) in [5, 5.41) is 11.0. The summed E-state index contributed by atoms with van der Waals surface area (Å²) in [5.41, 5.74) is 0.881. The molecule has 3 N–H and O–H groups in total. The lowest BCUT2D eigenvalue weighted by Crippen LogP contribution is -2.21. The lowest BCUT2D eigenvalue weighted by molar-refractivity contribution is -0.192. The van der Waals surface area contributed by atoms with Gasteiger partial charge in [0, 0.05) is 6.07 Å². The second kappa shape index (κ2) is 11.5. The first kappa shape index (κ1) is 28.7. The van der Waals surface area contributed by atoms with Crippen molar-refractivity contribution in [3.8, 4) is 17.2 Å². The molecular weight excluding hydrogens is 533 g/mol. The summed E-state index contributed by atoms with van der Waals surface area (Å²) in [6.45, 7) is 0. The highest BCUT2D eigenvalue weighted by molar-refractivity contribution is 7.89. The summed E-state index contributed by atoms with van der Waals surface area (Å²) < 4.78 is 74.6. The van der Waals surface area contributed by atoms with Crippen molar-refractivity contribution in [2.24, 2.45) is 0 Å². The number of fused-ring (bicyclic) bond motifs is 1. The van der Waals surface area contributed by atoms with Crippen LogP contribution >= 0.6 is 11.6 Å². The Morgan fingerprint density at radius 1 is 1.06 bits per heavy atom. The smallest absolute Gasteiger partial charge is 0.490 e. The van der Waals surface area contributed by atoms with Crippen LogP contribution in [0.4, 0.5) is 24.7 Å². The molecule has 0 aliphatic rings. The molecule has 1 aromatic heterocycles. The zero-order valence-corrected chi connectivity index (χ0v) is 20.7. The van der Waals surface area contributed by atoms with Crippen molar-refractivity contribution >= 4 is 50.0 Å². The topological polar surface area (TPSA) is 149 Å². The van der Waals surface area contributed by atoms with Crippen LogP contribution in [0.5, 0.6) is 17.2 Å². The van der Waals surface area contributed by atoms with Gasteiger partial charge in [-0.25, -0.2) is 27.9 Å². The number of benzene rings is 2. The predicted octanol–water partition coefficient (Wildman–Crippen LogP) is 3.59. The number of aromatic nitrogens is 2. The molecule has 11 nitrogen and oxygen atoms in total. The third kappa shape index (κ3) is 6.35. The van der Waals surface area contributed by atoms with Crippen molar-refractivity contribution in [3.05, 3.63) is 35.6 Å². The number of hydrogen-bond acceptors (Lipinski definition) is 9. The molecule has 0 fully saturated rings. The third-order valence-electron chi connectivity index (χ3n) is 4.44. The number of ether oxygens (including phenoxy) is 3. The van der Waals surface area contributed by atoms with Gasteiger partial charge in [0.05, 0.1) is 47.8 Å². The molecule has 1 heterocycles. The van der Waals surface area contributed by atoms with E-state index < -0.39 is 22.2 Å². The molecule has 2 aromatic carbocycles. The van der Waals surface area contributed by atoms with E-state index in [0.29, 0.717) is 44.7 Å². The number of methoxy groups -OCH3 is 3. The molecule has 3 rings (SSSR count). The monoisotopic (exact) mass is 552 g/mol. The fourth-order valence-corrected chi connectivity index (χ4v) is 3.72. The number of carbonyl (C=O) groups is 1. The second-order valence-corrected chi connectivity index (χ2v) is 8.83. The molecule has 196 valence electrons. The third-order valence-corrected chi connectivity index (χ3v) is 6.18. The quantitative estimate of drug-likeness (QED) is 0.397. The molecule has 0 spiro atoms. The minimum atomic E-state index is -5.08. The van der Waals surface area contributed by atoms with Crippen LogP contribution in [-0.4, -0.2) is 64.0 Å². The van der Waals surface area contributed by atoms with Gasteiger partial charge in [0.25, 0.3) is 0 Å². The molecular formula is C20H20ClF3N4O7S. The van der Waals surface area contributed by atoms with Crippen LogP contribution in [0.3, 0.4) is 0 Å². The fourth-order valence-electron chi connectivity index (χ4n) is 2.79. The number of nitrogens with one attached hydrogen (secondary N) is 2. The van der Waals surface area contributed by atoms with E-state index in [4.69, 9.17) is 35.7 Å². The van der Waals surface area contributed by atoms with Gasteiger partial charge in [-0.2, -0.15) is 13.2 Å². The van der Waals surface area contributed by atoms with Crippen molar-refractivity contribution in [2.75, 3.05) is 33.7 Å². The van der Waals surface area contributed by atoms with Crippen LogP contribution in [0.1, 0.15) is 0 Å². The van der Waals surface area contributed by atoms with Gasteiger partial charge >= 0.3 is 12.1 Å². The van der Waals surface area contributed by atoms with E-state index in [-0.39, 0.29) is 4.90 Å². The number of hydrogen-bond donors (Lipinski definition) is 3. The maximum atomic E-state index is 12.1. The first-order chi connectivity index (χ1) is 16.8. The van der Waals surface area contributed by atoms with Crippen LogP contribution in [0.15, 0.2) is 35.5 Å². The Morgan fingerprint density at radius 2 is 1.67 bits per heavy atom. The Bertz CT molecular complexity index is 1370. The van der Waals surface area contributed by atoms with Crippen LogP contribution in [0, 0.1) is 0 Å². The average Bonchev–Trinajstić information content (AvgIpc) is 2.83. The van der Waals surface area contributed by atoms with E-state index in [1.807, 2.05) is 0 Å². The molecule has 0 atom stereocenters. The summed E-state index contributed by atoms with van der Waals surface area (Å²) in [5.74, 6) is -1.22. The lowest BCUT2D eigenvalue weighted by atomic mass is 10.1. The van der Waals surface area contributed by atoms with Crippen LogP contribution < -0.4 is 24.2 Å². The zero-order valence-electron chi connectivity index (χ0n) is 19.1. The molecule has 16 heteroatoms. The van der Waals surface area contributed by atoms with Gasteiger partial charge in [-0.05, 0) is 25.2 Å². The van der Waals surface area contributed by atoms with Crippen LogP contribution in [-0.2, 0) is 14.8 Å². The second-order valence-electron chi connectivity index (χ2n) is 6.54.